The molecule has 184 valence electrons. The van der Waals surface area contributed by atoms with E-state index in [1.807, 2.05) is 6.07 Å². The first-order chi connectivity index (χ1) is 17.3. The number of carbonyl (C=O) groups is 1. The van der Waals surface area contributed by atoms with Gasteiger partial charge >= 0.3 is 10.1 Å². The van der Waals surface area contributed by atoms with Gasteiger partial charge in [0.15, 0.2) is 11.5 Å². The van der Waals surface area contributed by atoms with E-state index in [1.165, 1.54) is 24.3 Å². The lowest BCUT2D eigenvalue weighted by molar-refractivity contribution is -0.112. The van der Waals surface area contributed by atoms with E-state index < -0.39 is 16.0 Å². The van der Waals surface area contributed by atoms with E-state index >= 15 is 0 Å². The number of ether oxygens (including phenoxy) is 1. The van der Waals surface area contributed by atoms with Crippen LogP contribution in [0.4, 0.5) is 5.69 Å². The molecule has 0 aliphatic rings. The third-order valence-corrected chi connectivity index (χ3v) is 6.27. The van der Waals surface area contributed by atoms with Crippen molar-refractivity contribution in [3.63, 3.8) is 0 Å². The van der Waals surface area contributed by atoms with Crippen LogP contribution in [0.3, 0.4) is 0 Å². The van der Waals surface area contributed by atoms with Crippen molar-refractivity contribution >= 4 is 39.4 Å². The number of nitrogens with zero attached hydrogens (tertiary/aromatic N) is 1. The maximum atomic E-state index is 12.9. The van der Waals surface area contributed by atoms with E-state index in [0.29, 0.717) is 21.8 Å². The fourth-order valence-corrected chi connectivity index (χ4v) is 4.44. The maximum Gasteiger partial charge on any atom is 0.339 e. The molecule has 0 radical (unpaired) electrons. The third kappa shape index (κ3) is 6.75. The largest absolute Gasteiger partial charge is 0.490 e. The van der Waals surface area contributed by atoms with Crippen molar-refractivity contribution in [3.05, 3.63) is 101 Å². The molecule has 7 nitrogen and oxygen atoms in total. The number of carbonyl (C=O) groups excluding carboxylic acids is 1. The summed E-state index contributed by atoms with van der Waals surface area (Å²) in [5, 5.41) is 12.7. The van der Waals surface area contributed by atoms with Gasteiger partial charge in [0.1, 0.15) is 16.5 Å². The number of hydrogen-bond donors (Lipinski definition) is 1. The van der Waals surface area contributed by atoms with Gasteiger partial charge in [-0.25, -0.2) is 0 Å². The second kappa shape index (κ2) is 12.1. The van der Waals surface area contributed by atoms with E-state index in [1.54, 1.807) is 61.5 Å². The van der Waals surface area contributed by atoms with Crippen LogP contribution in [0.1, 0.15) is 18.1 Å². The fraction of sp³-hybridized carbons (Fsp3) is 0.111. The molecule has 0 fully saturated rings. The highest BCUT2D eigenvalue weighted by Crippen LogP contribution is 2.36. The highest BCUT2D eigenvalue weighted by molar-refractivity contribution is 7.87. The molecule has 0 aliphatic carbocycles. The predicted octanol–water partition coefficient (Wildman–Crippen LogP) is 5.78. The van der Waals surface area contributed by atoms with Gasteiger partial charge in [0.25, 0.3) is 5.91 Å². The van der Waals surface area contributed by atoms with Crippen LogP contribution in [-0.2, 0) is 21.3 Å². The molecule has 0 atom stereocenters. The van der Waals surface area contributed by atoms with Gasteiger partial charge in [0, 0.05) is 16.3 Å². The summed E-state index contributed by atoms with van der Waals surface area (Å²) in [6.07, 6.45) is 3.21. The number of anilines is 1. The average Bonchev–Trinajstić information content (AvgIpc) is 2.85. The normalized spacial score (nSPS) is 11.3. The Bertz CT molecular complexity index is 1440. The number of benzene rings is 3. The topological polar surface area (TPSA) is 105 Å². The van der Waals surface area contributed by atoms with Crippen molar-refractivity contribution in [1.29, 1.82) is 5.26 Å². The smallest absolute Gasteiger partial charge is 0.339 e. The number of halogens is 1. The molecule has 3 aromatic rings. The Balaban J connectivity index is 2.02. The third-order valence-electron chi connectivity index (χ3n) is 4.80. The Morgan fingerprint density at radius 1 is 1.14 bits per heavy atom. The van der Waals surface area contributed by atoms with Gasteiger partial charge in [-0.15, -0.1) is 6.58 Å². The van der Waals surface area contributed by atoms with E-state index in [4.69, 9.17) is 20.5 Å². The second-order valence-corrected chi connectivity index (χ2v) is 9.40. The molecule has 0 aliphatic heterocycles. The van der Waals surface area contributed by atoms with E-state index in [9.17, 15) is 18.5 Å². The summed E-state index contributed by atoms with van der Waals surface area (Å²) in [7, 11) is -4.14. The zero-order valence-electron chi connectivity index (χ0n) is 19.4. The molecule has 0 saturated heterocycles. The molecule has 0 spiro atoms. The number of allylic oxidation sites excluding steroid dienone is 1. The van der Waals surface area contributed by atoms with Gasteiger partial charge in [0.2, 0.25) is 0 Å². The Morgan fingerprint density at radius 2 is 1.89 bits per heavy atom. The molecular weight excluding hydrogens is 500 g/mol. The predicted molar refractivity (Wildman–Crippen MR) is 139 cm³/mol. The van der Waals surface area contributed by atoms with Crippen LogP contribution in [-0.4, -0.2) is 20.9 Å². The summed E-state index contributed by atoms with van der Waals surface area (Å²) in [6, 6.07) is 19.3. The number of amides is 1. The fourth-order valence-electron chi connectivity index (χ4n) is 3.26. The molecule has 3 aromatic carbocycles. The minimum atomic E-state index is -4.14. The Hall–Kier alpha value is -4.06. The molecule has 0 saturated carbocycles. The quantitative estimate of drug-likeness (QED) is 0.156. The standard InChI is InChI=1S/C27H23ClN2O5S/c1-3-9-20-14-19(15-21(18-29)27(31)30-23-11-8-10-22(28)17-23)16-25(34-4-2)26(20)35-36(32,33)24-12-6-5-7-13-24/h3,5-8,10-17H,1,4,9H2,2H3,(H,30,31)/b21-15+. The zero-order valence-corrected chi connectivity index (χ0v) is 21.0. The van der Waals surface area contributed by atoms with Gasteiger partial charge in [0.05, 0.1) is 6.61 Å². The van der Waals surface area contributed by atoms with Crippen molar-refractivity contribution in [2.75, 3.05) is 11.9 Å². The first kappa shape index (κ1) is 26.5. The molecule has 3 rings (SSSR count). The molecule has 0 heterocycles. The van der Waals surface area contributed by atoms with Gasteiger partial charge in [-0.2, -0.15) is 13.7 Å². The highest BCUT2D eigenvalue weighted by atomic mass is 35.5. The second-order valence-electron chi connectivity index (χ2n) is 7.42. The lowest BCUT2D eigenvalue weighted by Gasteiger charge is -2.16. The number of hydrogen-bond acceptors (Lipinski definition) is 6. The van der Waals surface area contributed by atoms with Crippen molar-refractivity contribution in [3.8, 4) is 17.6 Å². The van der Waals surface area contributed by atoms with Crippen LogP contribution in [0, 0.1) is 11.3 Å². The summed E-state index contributed by atoms with van der Waals surface area (Å²) in [5.74, 6) is -0.468. The molecule has 0 unspecified atom stereocenters. The summed E-state index contributed by atoms with van der Waals surface area (Å²) in [5.41, 5.74) is 1.16. The first-order valence-corrected chi connectivity index (χ1v) is 12.6. The lowest BCUT2D eigenvalue weighted by Crippen LogP contribution is -2.14. The number of nitrogens with one attached hydrogen (secondary N) is 1. The highest BCUT2D eigenvalue weighted by Gasteiger charge is 2.22. The minimum Gasteiger partial charge on any atom is -0.490 e. The molecule has 9 heteroatoms. The molecule has 0 aromatic heterocycles. The van der Waals surface area contributed by atoms with Crippen molar-refractivity contribution in [2.24, 2.45) is 0 Å². The Morgan fingerprint density at radius 3 is 2.53 bits per heavy atom. The Kier molecular flexibility index (Phi) is 8.90. The molecule has 1 amide bonds. The van der Waals surface area contributed by atoms with Gasteiger partial charge in [-0.05, 0) is 67.4 Å². The zero-order chi connectivity index (χ0) is 26.1. The van der Waals surface area contributed by atoms with Crippen LogP contribution >= 0.6 is 11.6 Å². The number of nitriles is 1. The molecule has 1 N–H and O–H groups in total. The van der Waals surface area contributed by atoms with Gasteiger partial charge < -0.3 is 14.2 Å². The van der Waals surface area contributed by atoms with Crippen LogP contribution in [0.5, 0.6) is 11.5 Å². The van der Waals surface area contributed by atoms with Gasteiger partial charge in [-0.3, -0.25) is 4.79 Å². The summed E-state index contributed by atoms with van der Waals surface area (Å²) in [4.78, 5) is 12.7. The van der Waals surface area contributed by atoms with E-state index in [2.05, 4.69) is 11.9 Å². The van der Waals surface area contributed by atoms with Crippen molar-refractivity contribution < 1.29 is 22.1 Å². The first-order valence-electron chi connectivity index (χ1n) is 10.9. The summed E-state index contributed by atoms with van der Waals surface area (Å²) in [6.45, 7) is 5.69. The van der Waals surface area contributed by atoms with Crippen LogP contribution in [0.25, 0.3) is 6.08 Å². The Labute approximate surface area is 215 Å². The van der Waals surface area contributed by atoms with Gasteiger partial charge in [-0.1, -0.05) is 41.9 Å². The van der Waals surface area contributed by atoms with Crippen molar-refractivity contribution in [2.45, 2.75) is 18.2 Å². The van der Waals surface area contributed by atoms with E-state index in [0.717, 1.165) is 0 Å². The molecular formula is C27H23ClN2O5S. The van der Waals surface area contributed by atoms with Crippen LogP contribution in [0.15, 0.2) is 89.9 Å². The SMILES string of the molecule is C=CCc1cc(/C=C(\C#N)C(=O)Nc2cccc(Cl)c2)cc(OCC)c1OS(=O)(=O)c1ccccc1. The summed E-state index contributed by atoms with van der Waals surface area (Å²) >= 11 is 5.96. The van der Waals surface area contributed by atoms with Crippen molar-refractivity contribution in [1.82, 2.24) is 0 Å². The number of rotatable bonds is 10. The van der Waals surface area contributed by atoms with Crippen LogP contribution in [0.2, 0.25) is 5.02 Å². The molecule has 0 bridgehead atoms. The summed E-state index contributed by atoms with van der Waals surface area (Å²) < 4.78 is 37.0. The lowest BCUT2D eigenvalue weighted by atomic mass is 10.0. The molecule has 36 heavy (non-hydrogen) atoms. The van der Waals surface area contributed by atoms with Crippen LogP contribution < -0.4 is 14.2 Å². The minimum absolute atomic E-state index is 0.00886. The maximum absolute atomic E-state index is 12.9. The average molecular weight is 523 g/mol. The van der Waals surface area contributed by atoms with E-state index in [-0.39, 0.29) is 35.0 Å². The monoisotopic (exact) mass is 522 g/mol.